The largest absolute Gasteiger partial charge is 0.486 e. The maximum Gasteiger partial charge on any atom is 0.247 e. The van der Waals surface area contributed by atoms with E-state index < -0.39 is 24.2 Å². The van der Waals surface area contributed by atoms with Crippen molar-refractivity contribution in [1.29, 1.82) is 0 Å². The second-order valence-corrected chi connectivity index (χ2v) is 9.33. The standard InChI is InChI=1S/C26H37N3O6/c1-2-3-8-22(31)29(11-10-28-12-15-34-16-13-28)20-17-19(26(33)27-9-14-30)23-18-6-4-5-7-21(18)35-25(23)24(20)32/h4-7,17,20,23-25,30,32H,2-3,8-16H2,1H3,(H,27,33). The summed E-state index contributed by atoms with van der Waals surface area (Å²) in [7, 11) is 0. The van der Waals surface area contributed by atoms with Crippen LogP contribution in [0.3, 0.4) is 0 Å². The van der Waals surface area contributed by atoms with Gasteiger partial charge in [0.1, 0.15) is 18.0 Å². The highest BCUT2D eigenvalue weighted by Crippen LogP contribution is 2.47. The van der Waals surface area contributed by atoms with E-state index in [0.717, 1.165) is 31.5 Å². The van der Waals surface area contributed by atoms with Crippen LogP contribution in [0.5, 0.6) is 5.75 Å². The molecule has 3 N–H and O–H groups in total. The SMILES string of the molecule is CCCCC(=O)N(CCN1CCOCC1)C1C=C(C(=O)NCCO)C2c3ccccc3OC2C1O. The summed E-state index contributed by atoms with van der Waals surface area (Å²) in [6.07, 6.45) is 2.12. The van der Waals surface area contributed by atoms with Gasteiger partial charge in [0.05, 0.1) is 31.8 Å². The van der Waals surface area contributed by atoms with Gasteiger partial charge in [-0.3, -0.25) is 14.5 Å². The fraction of sp³-hybridized carbons (Fsp3) is 0.615. The number of nitrogens with zero attached hydrogens (tertiary/aromatic N) is 2. The Kier molecular flexibility index (Phi) is 8.78. The van der Waals surface area contributed by atoms with Crippen molar-refractivity contribution in [3.8, 4) is 5.75 Å². The first kappa shape index (κ1) is 25.6. The molecule has 9 heteroatoms. The first-order valence-electron chi connectivity index (χ1n) is 12.7. The number of rotatable bonds is 10. The molecule has 1 aromatic rings. The highest BCUT2D eigenvalue weighted by molar-refractivity contribution is 5.96. The third-order valence-corrected chi connectivity index (χ3v) is 7.06. The first-order valence-corrected chi connectivity index (χ1v) is 12.7. The molecule has 4 rings (SSSR count). The van der Waals surface area contributed by atoms with E-state index in [2.05, 4.69) is 10.2 Å². The van der Waals surface area contributed by atoms with Gasteiger partial charge in [-0.1, -0.05) is 31.5 Å². The number of ether oxygens (including phenoxy) is 2. The topological polar surface area (TPSA) is 112 Å². The molecule has 1 aliphatic carbocycles. The maximum atomic E-state index is 13.3. The minimum absolute atomic E-state index is 0.0375. The fourth-order valence-corrected chi connectivity index (χ4v) is 5.18. The van der Waals surface area contributed by atoms with Crippen molar-refractivity contribution in [2.24, 2.45) is 0 Å². The number of unbranched alkanes of at least 4 members (excludes halogenated alkanes) is 1. The van der Waals surface area contributed by atoms with Gasteiger partial charge in [-0.05, 0) is 18.6 Å². The Balaban J connectivity index is 1.65. The Morgan fingerprint density at radius 2 is 2.00 bits per heavy atom. The first-order chi connectivity index (χ1) is 17.0. The van der Waals surface area contributed by atoms with Gasteiger partial charge in [-0.25, -0.2) is 0 Å². The lowest BCUT2D eigenvalue weighted by Gasteiger charge is -2.41. The number of carbonyl (C=O) groups excluding carboxylic acids is 2. The van der Waals surface area contributed by atoms with Crippen molar-refractivity contribution in [3.05, 3.63) is 41.5 Å². The van der Waals surface area contributed by atoms with Crippen molar-refractivity contribution in [2.75, 3.05) is 52.5 Å². The van der Waals surface area contributed by atoms with Gasteiger partial charge in [0.15, 0.2) is 0 Å². The lowest BCUT2D eigenvalue weighted by atomic mass is 9.77. The van der Waals surface area contributed by atoms with Gasteiger partial charge in [-0.2, -0.15) is 0 Å². The number of morpholine rings is 1. The number of hydrogen-bond donors (Lipinski definition) is 3. The van der Waals surface area contributed by atoms with Crippen molar-refractivity contribution in [2.45, 2.75) is 50.4 Å². The summed E-state index contributed by atoms with van der Waals surface area (Å²) in [4.78, 5) is 30.5. The number of amides is 2. The molecule has 0 bridgehead atoms. The van der Waals surface area contributed by atoms with E-state index in [4.69, 9.17) is 9.47 Å². The molecule has 0 saturated carbocycles. The average Bonchev–Trinajstić information content (AvgIpc) is 3.28. The molecule has 0 spiro atoms. The molecule has 2 heterocycles. The summed E-state index contributed by atoms with van der Waals surface area (Å²) in [5, 5.41) is 23.5. The minimum atomic E-state index is -0.989. The number of nitrogens with one attached hydrogen (secondary N) is 1. The summed E-state index contributed by atoms with van der Waals surface area (Å²) < 4.78 is 11.6. The van der Waals surface area contributed by atoms with Crippen molar-refractivity contribution in [3.63, 3.8) is 0 Å². The molecule has 1 aromatic carbocycles. The van der Waals surface area contributed by atoms with Crippen molar-refractivity contribution >= 4 is 11.8 Å². The van der Waals surface area contributed by atoms with Crippen LogP contribution in [0.15, 0.2) is 35.9 Å². The normalized spacial score (nSPS) is 25.7. The molecule has 0 radical (unpaired) electrons. The van der Waals surface area contributed by atoms with Gasteiger partial charge in [-0.15, -0.1) is 0 Å². The summed E-state index contributed by atoms with van der Waals surface area (Å²) in [5.74, 6) is -0.159. The molecule has 1 fully saturated rings. The van der Waals surface area contributed by atoms with Gasteiger partial charge >= 0.3 is 0 Å². The highest BCUT2D eigenvalue weighted by atomic mass is 16.5. The number of aliphatic hydroxyl groups is 2. The molecule has 2 aliphatic heterocycles. The van der Waals surface area contributed by atoms with Crippen LogP contribution in [0.4, 0.5) is 0 Å². The molecule has 4 atom stereocenters. The third kappa shape index (κ3) is 5.69. The lowest BCUT2D eigenvalue weighted by molar-refractivity contribution is -0.137. The molecular formula is C26H37N3O6. The van der Waals surface area contributed by atoms with Crippen molar-refractivity contribution < 1.29 is 29.3 Å². The smallest absolute Gasteiger partial charge is 0.247 e. The van der Waals surface area contributed by atoms with E-state index in [1.54, 1.807) is 11.0 Å². The fourth-order valence-electron chi connectivity index (χ4n) is 5.18. The van der Waals surface area contributed by atoms with Crippen LogP contribution >= 0.6 is 0 Å². The molecule has 4 unspecified atom stereocenters. The number of benzene rings is 1. The van der Waals surface area contributed by atoms with Crippen LogP contribution in [0, 0.1) is 0 Å². The van der Waals surface area contributed by atoms with E-state index in [-0.39, 0.29) is 25.0 Å². The van der Waals surface area contributed by atoms with Crippen molar-refractivity contribution in [1.82, 2.24) is 15.1 Å². The van der Waals surface area contributed by atoms with E-state index in [9.17, 15) is 19.8 Å². The average molecular weight is 488 g/mol. The van der Waals surface area contributed by atoms with Crippen LogP contribution < -0.4 is 10.1 Å². The van der Waals surface area contributed by atoms with Crippen LogP contribution in [-0.2, 0) is 14.3 Å². The molecule has 3 aliphatic rings. The zero-order valence-electron chi connectivity index (χ0n) is 20.4. The van der Waals surface area contributed by atoms with Gasteiger partial charge in [0.2, 0.25) is 11.8 Å². The molecule has 1 saturated heterocycles. The summed E-state index contributed by atoms with van der Waals surface area (Å²) in [6.45, 7) is 6.04. The third-order valence-electron chi connectivity index (χ3n) is 7.06. The lowest BCUT2D eigenvalue weighted by Crippen LogP contribution is -2.57. The molecule has 35 heavy (non-hydrogen) atoms. The zero-order valence-corrected chi connectivity index (χ0v) is 20.4. The number of carbonyl (C=O) groups is 2. The highest BCUT2D eigenvalue weighted by Gasteiger charge is 2.50. The Morgan fingerprint density at radius 1 is 1.23 bits per heavy atom. The Bertz CT molecular complexity index is 916. The second-order valence-electron chi connectivity index (χ2n) is 9.33. The van der Waals surface area contributed by atoms with Crippen LogP contribution in [0.1, 0.15) is 37.7 Å². The number of hydrogen-bond acceptors (Lipinski definition) is 7. The number of para-hydroxylation sites is 1. The number of aliphatic hydroxyl groups excluding tert-OH is 2. The maximum absolute atomic E-state index is 13.3. The molecule has 0 aromatic heterocycles. The van der Waals surface area contributed by atoms with Gasteiger partial charge in [0, 0.05) is 50.3 Å². The van der Waals surface area contributed by atoms with Gasteiger partial charge in [0.25, 0.3) is 0 Å². The predicted molar refractivity (Wildman–Crippen MR) is 130 cm³/mol. The van der Waals surface area contributed by atoms with Crippen LogP contribution in [-0.4, -0.2) is 103 Å². The molecule has 2 amide bonds. The number of fused-ring (bicyclic) bond motifs is 3. The monoisotopic (exact) mass is 487 g/mol. The van der Waals surface area contributed by atoms with Crippen LogP contribution in [0.25, 0.3) is 0 Å². The van der Waals surface area contributed by atoms with Gasteiger partial charge < -0.3 is 29.9 Å². The zero-order chi connectivity index (χ0) is 24.8. The molecular weight excluding hydrogens is 450 g/mol. The van der Waals surface area contributed by atoms with E-state index in [1.165, 1.54) is 0 Å². The Morgan fingerprint density at radius 3 is 2.74 bits per heavy atom. The quantitative estimate of drug-likeness (QED) is 0.445. The van der Waals surface area contributed by atoms with E-state index >= 15 is 0 Å². The molecule has 9 nitrogen and oxygen atoms in total. The predicted octanol–water partition coefficient (Wildman–Crippen LogP) is 0.660. The van der Waals surface area contributed by atoms with E-state index in [0.29, 0.717) is 44.0 Å². The summed E-state index contributed by atoms with van der Waals surface area (Å²) in [5.41, 5.74) is 1.31. The summed E-state index contributed by atoms with van der Waals surface area (Å²) in [6, 6.07) is 6.79. The Hall–Kier alpha value is -2.46. The van der Waals surface area contributed by atoms with Crippen LogP contribution in [0.2, 0.25) is 0 Å². The minimum Gasteiger partial charge on any atom is -0.486 e. The Labute approximate surface area is 206 Å². The van der Waals surface area contributed by atoms with E-state index in [1.807, 2.05) is 31.2 Å². The second kappa shape index (κ2) is 12.0. The summed E-state index contributed by atoms with van der Waals surface area (Å²) >= 11 is 0. The molecule has 192 valence electrons.